The van der Waals surface area contributed by atoms with Gasteiger partial charge in [0.25, 0.3) is 5.91 Å². The molecule has 3 atom stereocenters. The molecule has 4 rings (SSSR count). The highest BCUT2D eigenvalue weighted by Crippen LogP contribution is 2.67. The fraction of sp³-hybridized carbons (Fsp3) is 0.391. The Morgan fingerprint density at radius 2 is 2.12 bits per heavy atom. The van der Waals surface area contributed by atoms with Crippen LogP contribution in [0.4, 0.5) is 10.1 Å². The number of halogens is 1. The van der Waals surface area contributed by atoms with E-state index in [1.807, 2.05) is 19.9 Å². The lowest BCUT2D eigenvalue weighted by atomic mass is 9.85. The maximum absolute atomic E-state index is 15.2. The van der Waals surface area contributed by atoms with Crippen LogP contribution in [0.5, 0.6) is 0 Å². The minimum Gasteiger partial charge on any atom is -0.386 e. The van der Waals surface area contributed by atoms with Gasteiger partial charge in [0.1, 0.15) is 29.0 Å². The van der Waals surface area contributed by atoms with Gasteiger partial charge in [0.05, 0.1) is 15.6 Å². The van der Waals surface area contributed by atoms with Crippen LogP contribution in [0.25, 0.3) is 0 Å². The minimum atomic E-state index is -2.43. The molecule has 1 aromatic heterocycles. The van der Waals surface area contributed by atoms with E-state index in [0.29, 0.717) is 29.8 Å². The quantitative estimate of drug-likeness (QED) is 0.541. The third-order valence-corrected chi connectivity index (χ3v) is 10.6. The molecule has 0 aliphatic carbocycles. The largest absolute Gasteiger partial charge is 0.386 e. The fourth-order valence-electron chi connectivity index (χ4n) is 4.67. The predicted molar refractivity (Wildman–Crippen MR) is 128 cm³/mol. The standard InChI is InChI=1S/C23H27FN6O2S/c1-13-9-14(11-25)12-27-19(13)20(31)29-15-5-6-17(24)16(10-15)23(4)18-7-8-28-33(18,32)22(2,3)21(26)30-23/h5-6,9-10,12,18,28,32H,7-8H2,1-4H3,(H2,26,30)(H,29,31)/t18-,23+/m0/s1. The van der Waals surface area contributed by atoms with Gasteiger partial charge in [-0.15, -0.1) is 0 Å². The molecule has 0 spiro atoms. The van der Waals surface area contributed by atoms with Gasteiger partial charge in [-0.05, 0) is 63.9 Å². The molecule has 3 heterocycles. The number of benzene rings is 1. The normalized spacial score (nSPS) is 29.8. The van der Waals surface area contributed by atoms with Crippen LogP contribution in [0.2, 0.25) is 0 Å². The topological polar surface area (TPSA) is 136 Å². The van der Waals surface area contributed by atoms with Gasteiger partial charge in [-0.25, -0.2) is 9.37 Å². The van der Waals surface area contributed by atoms with Crippen LogP contribution in [0, 0.1) is 24.1 Å². The number of rotatable bonds is 3. The van der Waals surface area contributed by atoms with Crippen molar-refractivity contribution in [1.29, 1.82) is 5.26 Å². The van der Waals surface area contributed by atoms with E-state index in [4.69, 9.17) is 16.0 Å². The van der Waals surface area contributed by atoms with Gasteiger partial charge in [0, 0.05) is 24.0 Å². The zero-order valence-corrected chi connectivity index (χ0v) is 19.8. The molecule has 1 aromatic carbocycles. The SMILES string of the molecule is Cc1cc(C#N)cnc1C(=O)Nc1ccc(F)c([C@@]2(C)N=C(N)C(C)(C)S3(O)NCC[C@@H]23)c1. The van der Waals surface area contributed by atoms with Gasteiger partial charge in [-0.2, -0.15) is 5.26 Å². The van der Waals surface area contributed by atoms with Crippen molar-refractivity contribution in [3.63, 3.8) is 0 Å². The summed E-state index contributed by atoms with van der Waals surface area (Å²) in [5.74, 6) is -0.704. The van der Waals surface area contributed by atoms with Crippen molar-refractivity contribution in [3.05, 3.63) is 58.7 Å². The Kier molecular flexibility index (Phi) is 5.47. The fourth-order valence-corrected chi connectivity index (χ4v) is 8.04. The first-order valence-corrected chi connectivity index (χ1v) is 12.2. The van der Waals surface area contributed by atoms with Gasteiger partial charge < -0.3 is 15.6 Å². The lowest BCUT2D eigenvalue weighted by Crippen LogP contribution is -2.57. The molecular formula is C23H27FN6O2S. The lowest BCUT2D eigenvalue weighted by molar-refractivity contribution is 0.102. The molecule has 1 saturated heterocycles. The van der Waals surface area contributed by atoms with Gasteiger partial charge in [-0.1, -0.05) is 10.5 Å². The summed E-state index contributed by atoms with van der Waals surface area (Å²) in [5.41, 5.74) is 6.89. The zero-order valence-electron chi connectivity index (χ0n) is 18.9. The van der Waals surface area contributed by atoms with Gasteiger partial charge in [0.15, 0.2) is 0 Å². The third kappa shape index (κ3) is 3.47. The average molecular weight is 471 g/mol. The summed E-state index contributed by atoms with van der Waals surface area (Å²) < 4.78 is 29.3. The zero-order chi connectivity index (χ0) is 24.2. The second-order valence-corrected chi connectivity index (χ2v) is 12.2. The molecule has 174 valence electrons. The number of carbonyl (C=O) groups is 1. The number of hydrogen-bond acceptors (Lipinski definition) is 7. The highest BCUT2D eigenvalue weighted by molar-refractivity contribution is 8.29. The summed E-state index contributed by atoms with van der Waals surface area (Å²) in [6.07, 6.45) is 1.95. The van der Waals surface area contributed by atoms with Crippen molar-refractivity contribution < 1.29 is 13.7 Å². The molecule has 8 nitrogen and oxygen atoms in total. The molecule has 2 aliphatic rings. The number of amidine groups is 1. The van der Waals surface area contributed by atoms with E-state index in [1.165, 1.54) is 18.3 Å². The lowest BCUT2D eigenvalue weighted by Gasteiger charge is -2.56. The van der Waals surface area contributed by atoms with E-state index in [0.717, 1.165) is 0 Å². The molecule has 1 unspecified atom stereocenters. The van der Waals surface area contributed by atoms with Crippen LogP contribution in [-0.2, 0) is 5.54 Å². The van der Waals surface area contributed by atoms with Crippen molar-refractivity contribution in [2.45, 2.75) is 49.7 Å². The van der Waals surface area contributed by atoms with Crippen molar-refractivity contribution >= 4 is 27.9 Å². The second-order valence-electron chi connectivity index (χ2n) is 9.10. The van der Waals surface area contributed by atoms with Crippen LogP contribution in [-0.4, -0.2) is 37.8 Å². The van der Waals surface area contributed by atoms with Crippen LogP contribution in [0.15, 0.2) is 35.5 Å². The van der Waals surface area contributed by atoms with E-state index < -0.39 is 32.5 Å². The number of nitrogens with two attached hydrogens (primary N) is 1. The van der Waals surface area contributed by atoms with Crippen LogP contribution in [0.1, 0.15) is 54.4 Å². The summed E-state index contributed by atoms with van der Waals surface area (Å²) in [6.45, 7) is 7.76. The molecule has 0 saturated carbocycles. The number of aliphatic imine (C=N–C) groups is 1. The maximum Gasteiger partial charge on any atom is 0.274 e. The van der Waals surface area contributed by atoms with Crippen molar-refractivity contribution in [3.8, 4) is 6.07 Å². The van der Waals surface area contributed by atoms with Gasteiger partial charge >= 0.3 is 0 Å². The Morgan fingerprint density at radius 3 is 2.79 bits per heavy atom. The van der Waals surface area contributed by atoms with E-state index >= 15 is 4.39 Å². The van der Waals surface area contributed by atoms with Crippen LogP contribution < -0.4 is 15.8 Å². The highest BCUT2D eigenvalue weighted by atomic mass is 32.3. The minimum absolute atomic E-state index is 0.173. The summed E-state index contributed by atoms with van der Waals surface area (Å²) in [5, 5.41) is 11.4. The second kappa shape index (κ2) is 7.80. The predicted octanol–water partition coefficient (Wildman–Crippen LogP) is 3.57. The number of nitriles is 1. The Bertz CT molecular complexity index is 1230. The highest BCUT2D eigenvalue weighted by Gasteiger charge is 2.60. The van der Waals surface area contributed by atoms with Crippen LogP contribution in [0.3, 0.4) is 0 Å². The van der Waals surface area contributed by atoms with E-state index in [2.05, 4.69) is 15.0 Å². The molecule has 1 fully saturated rings. The first-order valence-electron chi connectivity index (χ1n) is 10.6. The van der Waals surface area contributed by atoms with E-state index in [1.54, 1.807) is 26.0 Å². The summed E-state index contributed by atoms with van der Waals surface area (Å²) >= 11 is 0. The summed E-state index contributed by atoms with van der Waals surface area (Å²) in [7, 11) is -2.43. The van der Waals surface area contributed by atoms with Crippen molar-refractivity contribution in [2.24, 2.45) is 10.7 Å². The Balaban J connectivity index is 1.73. The number of hydrogen-bond donors (Lipinski definition) is 4. The summed E-state index contributed by atoms with van der Waals surface area (Å²) in [4.78, 5) is 21.6. The number of pyridine rings is 1. The van der Waals surface area contributed by atoms with Crippen molar-refractivity contribution in [2.75, 3.05) is 11.9 Å². The number of aryl methyl sites for hydroxylation is 1. The Hall–Kier alpha value is -3.00. The molecule has 1 amide bonds. The first-order chi connectivity index (χ1) is 15.4. The number of nitrogens with one attached hydrogen (secondary N) is 2. The van der Waals surface area contributed by atoms with E-state index in [-0.39, 0.29) is 22.3 Å². The number of aromatic nitrogens is 1. The molecule has 2 aliphatic heterocycles. The maximum atomic E-state index is 15.2. The van der Waals surface area contributed by atoms with Crippen molar-refractivity contribution in [1.82, 2.24) is 9.71 Å². The molecule has 2 aromatic rings. The van der Waals surface area contributed by atoms with Crippen LogP contribution >= 0.6 is 10.5 Å². The monoisotopic (exact) mass is 470 g/mol. The van der Waals surface area contributed by atoms with Gasteiger partial charge in [0.2, 0.25) is 0 Å². The average Bonchev–Trinajstić information content (AvgIpc) is 3.18. The molecule has 0 radical (unpaired) electrons. The Morgan fingerprint density at radius 1 is 1.39 bits per heavy atom. The third-order valence-electron chi connectivity index (χ3n) is 6.71. The number of carbonyl (C=O) groups excluding carboxylic acids is 1. The molecule has 33 heavy (non-hydrogen) atoms. The number of nitrogens with zero attached hydrogens (tertiary/aromatic N) is 3. The number of fused-ring (bicyclic) bond motifs is 1. The molecular weight excluding hydrogens is 443 g/mol. The molecule has 10 heteroatoms. The van der Waals surface area contributed by atoms with Gasteiger partial charge in [-0.3, -0.25) is 14.5 Å². The van der Waals surface area contributed by atoms with E-state index in [9.17, 15) is 9.35 Å². The molecule has 0 bridgehead atoms. The summed E-state index contributed by atoms with van der Waals surface area (Å²) in [6, 6.07) is 7.85. The number of anilines is 1. The Labute approximate surface area is 193 Å². The molecule has 5 N–H and O–H groups in total. The smallest absolute Gasteiger partial charge is 0.274 e. The number of amides is 1. The first kappa shape index (κ1) is 23.2.